The first kappa shape index (κ1) is 15.4. The van der Waals surface area contributed by atoms with E-state index in [-0.39, 0.29) is 6.61 Å². The Balaban J connectivity index is 2.11. The highest BCUT2D eigenvalue weighted by Crippen LogP contribution is 2.22. The van der Waals surface area contributed by atoms with Gasteiger partial charge in [-0.1, -0.05) is 24.3 Å². The number of aliphatic hydroxyl groups is 1. The molecule has 0 aliphatic rings. The van der Waals surface area contributed by atoms with E-state index in [0.29, 0.717) is 18.4 Å². The first-order valence-electron chi connectivity index (χ1n) is 7.07. The van der Waals surface area contributed by atoms with E-state index in [1.807, 2.05) is 12.1 Å². The van der Waals surface area contributed by atoms with Crippen LogP contribution in [0.1, 0.15) is 18.5 Å². The molecule has 0 bridgehead atoms. The van der Waals surface area contributed by atoms with E-state index in [9.17, 15) is 0 Å². The molecule has 0 saturated heterocycles. The predicted octanol–water partition coefficient (Wildman–Crippen LogP) is 2.17. The van der Waals surface area contributed by atoms with E-state index in [4.69, 9.17) is 5.11 Å². The van der Waals surface area contributed by atoms with Crippen LogP contribution in [0.15, 0.2) is 36.4 Å². The van der Waals surface area contributed by atoms with Crippen molar-refractivity contribution in [2.75, 3.05) is 32.6 Å². The second-order valence-electron chi connectivity index (χ2n) is 5.22. The number of aliphatic hydroxyl groups excluding tert-OH is 1. The highest BCUT2D eigenvalue weighted by atomic mass is 16.3. The minimum atomic E-state index is 0.0783. The molecule has 1 aromatic carbocycles. The van der Waals surface area contributed by atoms with Crippen molar-refractivity contribution >= 4 is 5.82 Å². The summed E-state index contributed by atoms with van der Waals surface area (Å²) in [5, 5.41) is 20.0. The van der Waals surface area contributed by atoms with Gasteiger partial charge in [0.25, 0.3) is 0 Å². The third kappa shape index (κ3) is 4.00. The van der Waals surface area contributed by atoms with Crippen LogP contribution in [0.25, 0.3) is 11.3 Å². The standard InChI is InChI=1S/C16H22N4O/c1-12(20(2)3)13-4-6-14(7-5-13)15-8-9-16(19-18-15)17-10-11-21/h4-9,12,21H,10-11H2,1-3H3,(H,17,19)/t12-/m0/s1. The number of rotatable bonds is 6. The summed E-state index contributed by atoms with van der Waals surface area (Å²) in [6.45, 7) is 2.73. The largest absolute Gasteiger partial charge is 0.395 e. The van der Waals surface area contributed by atoms with E-state index in [0.717, 1.165) is 11.3 Å². The number of nitrogens with one attached hydrogen (secondary N) is 1. The van der Waals surface area contributed by atoms with Gasteiger partial charge in [0.15, 0.2) is 0 Å². The van der Waals surface area contributed by atoms with Crippen molar-refractivity contribution in [2.24, 2.45) is 0 Å². The molecule has 1 aromatic heterocycles. The Morgan fingerprint density at radius 3 is 2.33 bits per heavy atom. The monoisotopic (exact) mass is 286 g/mol. The van der Waals surface area contributed by atoms with E-state index in [1.165, 1.54) is 5.56 Å². The predicted molar refractivity (Wildman–Crippen MR) is 85.1 cm³/mol. The van der Waals surface area contributed by atoms with Gasteiger partial charge in [0.2, 0.25) is 0 Å². The molecule has 21 heavy (non-hydrogen) atoms. The van der Waals surface area contributed by atoms with Crippen LogP contribution in [0.5, 0.6) is 0 Å². The van der Waals surface area contributed by atoms with Crippen molar-refractivity contribution in [1.29, 1.82) is 0 Å². The molecule has 0 radical (unpaired) electrons. The molecule has 0 aliphatic heterocycles. The molecule has 0 saturated carbocycles. The van der Waals surface area contributed by atoms with Crippen LogP contribution in [0.3, 0.4) is 0 Å². The summed E-state index contributed by atoms with van der Waals surface area (Å²) < 4.78 is 0. The van der Waals surface area contributed by atoms with Gasteiger partial charge in [-0.05, 0) is 38.7 Å². The molecular weight excluding hydrogens is 264 g/mol. The molecule has 5 nitrogen and oxygen atoms in total. The van der Waals surface area contributed by atoms with Crippen molar-refractivity contribution < 1.29 is 5.11 Å². The van der Waals surface area contributed by atoms with Crippen LogP contribution in [-0.4, -0.2) is 47.5 Å². The molecule has 0 aliphatic carbocycles. The maximum Gasteiger partial charge on any atom is 0.148 e. The number of nitrogens with zero attached hydrogens (tertiary/aromatic N) is 3. The molecule has 2 rings (SSSR count). The van der Waals surface area contributed by atoms with Gasteiger partial charge in [-0.2, -0.15) is 0 Å². The zero-order chi connectivity index (χ0) is 15.2. The summed E-state index contributed by atoms with van der Waals surface area (Å²) in [6.07, 6.45) is 0. The summed E-state index contributed by atoms with van der Waals surface area (Å²) in [7, 11) is 4.14. The maximum absolute atomic E-state index is 8.76. The minimum Gasteiger partial charge on any atom is -0.395 e. The quantitative estimate of drug-likeness (QED) is 0.852. The zero-order valence-corrected chi connectivity index (χ0v) is 12.7. The lowest BCUT2D eigenvalue weighted by Crippen LogP contribution is -2.16. The third-order valence-electron chi connectivity index (χ3n) is 3.55. The lowest BCUT2D eigenvalue weighted by molar-refractivity contribution is 0.311. The van der Waals surface area contributed by atoms with Gasteiger partial charge >= 0.3 is 0 Å². The zero-order valence-electron chi connectivity index (χ0n) is 12.7. The Hall–Kier alpha value is -1.98. The van der Waals surface area contributed by atoms with Crippen LogP contribution < -0.4 is 5.32 Å². The van der Waals surface area contributed by atoms with Crippen molar-refractivity contribution in [2.45, 2.75) is 13.0 Å². The lowest BCUT2D eigenvalue weighted by atomic mass is 10.0. The minimum absolute atomic E-state index is 0.0783. The topological polar surface area (TPSA) is 61.3 Å². The molecule has 112 valence electrons. The normalized spacial score (nSPS) is 12.4. The Bertz CT molecular complexity index is 551. The SMILES string of the molecule is C[C@@H](c1ccc(-c2ccc(NCCO)nn2)cc1)N(C)C. The summed E-state index contributed by atoms with van der Waals surface area (Å²) in [4.78, 5) is 2.18. The van der Waals surface area contributed by atoms with E-state index in [2.05, 4.69) is 65.7 Å². The van der Waals surface area contributed by atoms with Gasteiger partial charge in [0, 0.05) is 18.2 Å². The molecule has 1 heterocycles. The average Bonchev–Trinajstić information content (AvgIpc) is 2.53. The second-order valence-corrected chi connectivity index (χ2v) is 5.22. The van der Waals surface area contributed by atoms with Crippen LogP contribution in [0.4, 0.5) is 5.82 Å². The van der Waals surface area contributed by atoms with Crippen molar-refractivity contribution in [1.82, 2.24) is 15.1 Å². The van der Waals surface area contributed by atoms with Gasteiger partial charge in [-0.25, -0.2) is 0 Å². The Morgan fingerprint density at radius 2 is 1.81 bits per heavy atom. The fraction of sp³-hybridized carbons (Fsp3) is 0.375. The van der Waals surface area contributed by atoms with Gasteiger partial charge in [-0.3, -0.25) is 0 Å². The maximum atomic E-state index is 8.76. The summed E-state index contributed by atoms with van der Waals surface area (Å²) in [5.74, 6) is 0.672. The van der Waals surface area contributed by atoms with Crippen LogP contribution in [-0.2, 0) is 0 Å². The number of anilines is 1. The van der Waals surface area contributed by atoms with E-state index < -0.39 is 0 Å². The van der Waals surface area contributed by atoms with Gasteiger partial charge in [0.05, 0.1) is 12.3 Å². The number of aromatic nitrogens is 2. The molecular formula is C16H22N4O. The number of hydrogen-bond donors (Lipinski definition) is 2. The van der Waals surface area contributed by atoms with Gasteiger partial charge < -0.3 is 15.3 Å². The molecule has 5 heteroatoms. The highest BCUT2D eigenvalue weighted by molar-refractivity contribution is 5.60. The molecule has 2 aromatic rings. The fourth-order valence-corrected chi connectivity index (χ4v) is 2.00. The lowest BCUT2D eigenvalue weighted by Gasteiger charge is -2.20. The molecule has 0 fully saturated rings. The second kappa shape index (κ2) is 7.15. The van der Waals surface area contributed by atoms with Crippen molar-refractivity contribution in [3.63, 3.8) is 0 Å². The summed E-state index contributed by atoms with van der Waals surface area (Å²) in [5.41, 5.74) is 3.16. The smallest absolute Gasteiger partial charge is 0.148 e. The van der Waals surface area contributed by atoms with Crippen molar-refractivity contribution in [3.8, 4) is 11.3 Å². The van der Waals surface area contributed by atoms with Crippen LogP contribution in [0, 0.1) is 0 Å². The van der Waals surface area contributed by atoms with Crippen LogP contribution in [0.2, 0.25) is 0 Å². The van der Waals surface area contributed by atoms with E-state index >= 15 is 0 Å². The summed E-state index contributed by atoms with van der Waals surface area (Å²) in [6, 6.07) is 12.6. The third-order valence-corrected chi connectivity index (χ3v) is 3.55. The average molecular weight is 286 g/mol. The van der Waals surface area contributed by atoms with Crippen molar-refractivity contribution in [3.05, 3.63) is 42.0 Å². The van der Waals surface area contributed by atoms with Gasteiger partial charge in [-0.15, -0.1) is 10.2 Å². The Morgan fingerprint density at radius 1 is 1.10 bits per heavy atom. The Kier molecular flexibility index (Phi) is 5.25. The number of benzene rings is 1. The first-order chi connectivity index (χ1) is 10.1. The molecule has 1 atom stereocenters. The van der Waals surface area contributed by atoms with E-state index in [1.54, 1.807) is 0 Å². The first-order valence-corrected chi connectivity index (χ1v) is 7.07. The van der Waals surface area contributed by atoms with Crippen LogP contribution >= 0.6 is 0 Å². The molecule has 0 amide bonds. The fourth-order valence-electron chi connectivity index (χ4n) is 2.00. The summed E-state index contributed by atoms with van der Waals surface area (Å²) >= 11 is 0. The Labute approximate surface area is 125 Å². The molecule has 0 spiro atoms. The molecule has 0 unspecified atom stereocenters. The number of hydrogen-bond acceptors (Lipinski definition) is 5. The molecule has 2 N–H and O–H groups in total. The highest BCUT2D eigenvalue weighted by Gasteiger charge is 2.08. The van der Waals surface area contributed by atoms with Gasteiger partial charge in [0.1, 0.15) is 5.82 Å².